The number of rotatable bonds is 7. The van der Waals surface area contributed by atoms with Crippen LogP contribution in [0.15, 0.2) is 92.0 Å². The van der Waals surface area contributed by atoms with Crippen molar-refractivity contribution in [3.8, 4) is 33.8 Å². The monoisotopic (exact) mass is 418 g/mol. The van der Waals surface area contributed by atoms with E-state index in [0.29, 0.717) is 28.2 Å². The number of carbonyl (C=O) groups is 2. The van der Waals surface area contributed by atoms with E-state index in [1.165, 1.54) is 12.1 Å². The fourth-order valence-electron chi connectivity index (χ4n) is 2.76. The SMILES string of the molecule is C=CCOC(=O)Oc1ccc(-c2ccc(-c3ccc(OC(=O)C=C)cc3)c(F)c2)cc1. The highest BCUT2D eigenvalue weighted by Gasteiger charge is 2.10. The summed E-state index contributed by atoms with van der Waals surface area (Å²) in [5.74, 6) is -0.302. The van der Waals surface area contributed by atoms with Crippen LogP contribution in [-0.4, -0.2) is 18.7 Å². The third-order valence-electron chi connectivity index (χ3n) is 4.23. The summed E-state index contributed by atoms with van der Waals surface area (Å²) in [7, 11) is 0. The molecule has 0 aliphatic carbocycles. The largest absolute Gasteiger partial charge is 0.514 e. The maximum absolute atomic E-state index is 14.8. The standard InChI is InChI=1S/C25H19FO5/c1-3-15-29-25(28)31-21-10-5-17(6-11-21)19-9-14-22(23(26)16-19)18-7-12-20(13-8-18)30-24(27)4-2/h3-14,16H,1-2,15H2. The fraction of sp³-hybridized carbons (Fsp3) is 0.0400. The Bertz CT molecular complexity index is 1100. The van der Waals surface area contributed by atoms with Gasteiger partial charge in [0.05, 0.1) is 0 Å². The Morgan fingerprint density at radius 2 is 1.39 bits per heavy atom. The van der Waals surface area contributed by atoms with Crippen molar-refractivity contribution in [1.82, 2.24) is 0 Å². The molecular weight excluding hydrogens is 399 g/mol. The third-order valence-corrected chi connectivity index (χ3v) is 4.23. The average molecular weight is 418 g/mol. The average Bonchev–Trinajstić information content (AvgIpc) is 2.78. The Kier molecular flexibility index (Phi) is 6.96. The molecule has 0 bridgehead atoms. The molecule has 0 atom stereocenters. The normalized spacial score (nSPS) is 10.1. The molecule has 0 spiro atoms. The lowest BCUT2D eigenvalue weighted by Gasteiger charge is -2.09. The van der Waals surface area contributed by atoms with Gasteiger partial charge in [0, 0.05) is 11.6 Å². The van der Waals surface area contributed by atoms with E-state index < -0.39 is 17.9 Å². The highest BCUT2D eigenvalue weighted by Crippen LogP contribution is 2.30. The minimum atomic E-state index is -0.826. The van der Waals surface area contributed by atoms with Crippen LogP contribution in [-0.2, 0) is 9.53 Å². The van der Waals surface area contributed by atoms with Crippen molar-refractivity contribution in [2.75, 3.05) is 6.61 Å². The number of hydrogen-bond donors (Lipinski definition) is 0. The van der Waals surface area contributed by atoms with E-state index >= 15 is 0 Å². The molecule has 0 unspecified atom stereocenters. The second-order valence-electron chi connectivity index (χ2n) is 6.32. The summed E-state index contributed by atoms with van der Waals surface area (Å²) in [5.41, 5.74) is 2.47. The van der Waals surface area contributed by atoms with Crippen molar-refractivity contribution in [3.05, 3.63) is 97.9 Å². The topological polar surface area (TPSA) is 61.8 Å². The van der Waals surface area contributed by atoms with Gasteiger partial charge >= 0.3 is 12.1 Å². The molecule has 0 N–H and O–H groups in total. The second-order valence-corrected chi connectivity index (χ2v) is 6.32. The molecule has 0 heterocycles. The van der Waals surface area contributed by atoms with Crippen LogP contribution in [0.1, 0.15) is 0 Å². The van der Waals surface area contributed by atoms with E-state index in [2.05, 4.69) is 13.2 Å². The molecule has 0 fully saturated rings. The van der Waals surface area contributed by atoms with Gasteiger partial charge in [0.25, 0.3) is 0 Å². The summed E-state index contributed by atoms with van der Waals surface area (Å²) in [5, 5.41) is 0. The fourth-order valence-corrected chi connectivity index (χ4v) is 2.76. The second kappa shape index (κ2) is 10.0. The summed E-state index contributed by atoms with van der Waals surface area (Å²) in [6.45, 7) is 6.85. The molecule has 5 nitrogen and oxygen atoms in total. The van der Waals surface area contributed by atoms with Crippen molar-refractivity contribution in [3.63, 3.8) is 0 Å². The zero-order chi connectivity index (χ0) is 22.2. The van der Waals surface area contributed by atoms with Gasteiger partial charge in [-0.1, -0.05) is 55.6 Å². The minimum Gasteiger partial charge on any atom is -0.430 e. The first-order valence-corrected chi connectivity index (χ1v) is 9.30. The smallest absolute Gasteiger partial charge is 0.430 e. The first-order valence-electron chi connectivity index (χ1n) is 9.30. The van der Waals surface area contributed by atoms with E-state index in [-0.39, 0.29) is 6.61 Å². The van der Waals surface area contributed by atoms with Gasteiger partial charge in [-0.3, -0.25) is 0 Å². The molecule has 0 saturated heterocycles. The van der Waals surface area contributed by atoms with Gasteiger partial charge in [0.2, 0.25) is 0 Å². The van der Waals surface area contributed by atoms with E-state index in [1.807, 2.05) is 0 Å². The van der Waals surface area contributed by atoms with Crippen molar-refractivity contribution in [2.24, 2.45) is 0 Å². The van der Waals surface area contributed by atoms with E-state index in [9.17, 15) is 14.0 Å². The Labute approximate surface area is 179 Å². The minimum absolute atomic E-state index is 0.0608. The van der Waals surface area contributed by atoms with Gasteiger partial charge in [-0.15, -0.1) is 0 Å². The molecule has 0 aliphatic rings. The Hall–Kier alpha value is -4.19. The summed E-state index contributed by atoms with van der Waals surface area (Å²) >= 11 is 0. The van der Waals surface area contributed by atoms with E-state index in [1.54, 1.807) is 60.7 Å². The lowest BCUT2D eigenvalue weighted by atomic mass is 9.99. The molecule has 3 aromatic carbocycles. The first kappa shape index (κ1) is 21.5. The van der Waals surface area contributed by atoms with Gasteiger partial charge in [0.1, 0.15) is 23.9 Å². The number of carbonyl (C=O) groups excluding carboxylic acids is 2. The number of hydrogen-bond acceptors (Lipinski definition) is 5. The highest BCUT2D eigenvalue weighted by atomic mass is 19.1. The predicted molar refractivity (Wildman–Crippen MR) is 115 cm³/mol. The Morgan fingerprint density at radius 1 is 0.806 bits per heavy atom. The molecule has 0 amide bonds. The maximum Gasteiger partial charge on any atom is 0.514 e. The van der Waals surface area contributed by atoms with Gasteiger partial charge in [-0.2, -0.15) is 0 Å². The summed E-state index contributed by atoms with van der Waals surface area (Å²) in [6, 6.07) is 18.0. The van der Waals surface area contributed by atoms with Gasteiger partial charge in [-0.25, -0.2) is 14.0 Å². The molecule has 156 valence electrons. The molecule has 3 aromatic rings. The zero-order valence-electron chi connectivity index (χ0n) is 16.5. The van der Waals surface area contributed by atoms with Gasteiger partial charge < -0.3 is 14.2 Å². The lowest BCUT2D eigenvalue weighted by Crippen LogP contribution is -2.10. The van der Waals surface area contributed by atoms with Crippen LogP contribution in [0.4, 0.5) is 9.18 Å². The van der Waals surface area contributed by atoms with Gasteiger partial charge in [0.15, 0.2) is 0 Å². The number of ether oxygens (including phenoxy) is 3. The molecule has 0 saturated carbocycles. The van der Waals surface area contributed by atoms with E-state index in [0.717, 1.165) is 11.6 Å². The molecule has 3 rings (SSSR count). The third kappa shape index (κ3) is 5.67. The highest BCUT2D eigenvalue weighted by molar-refractivity contribution is 5.83. The van der Waals surface area contributed by atoms with Crippen LogP contribution < -0.4 is 9.47 Å². The zero-order valence-corrected chi connectivity index (χ0v) is 16.5. The number of esters is 1. The van der Waals surface area contributed by atoms with Crippen LogP contribution in [0.25, 0.3) is 22.3 Å². The first-order chi connectivity index (χ1) is 15.0. The summed E-state index contributed by atoms with van der Waals surface area (Å²) < 4.78 is 29.6. The van der Waals surface area contributed by atoms with Crippen molar-refractivity contribution in [1.29, 1.82) is 0 Å². The van der Waals surface area contributed by atoms with Crippen molar-refractivity contribution in [2.45, 2.75) is 0 Å². The van der Waals surface area contributed by atoms with Crippen LogP contribution in [0.3, 0.4) is 0 Å². The maximum atomic E-state index is 14.8. The lowest BCUT2D eigenvalue weighted by molar-refractivity contribution is -0.128. The molecule has 6 heteroatoms. The number of benzene rings is 3. The Morgan fingerprint density at radius 3 is 1.97 bits per heavy atom. The molecule has 0 aromatic heterocycles. The predicted octanol–water partition coefficient (Wildman–Crippen LogP) is 5.95. The van der Waals surface area contributed by atoms with Crippen LogP contribution in [0, 0.1) is 5.82 Å². The summed E-state index contributed by atoms with van der Waals surface area (Å²) in [6.07, 6.45) is 1.68. The molecule has 0 aliphatic heterocycles. The molecule has 0 radical (unpaired) electrons. The van der Waals surface area contributed by atoms with Gasteiger partial charge in [-0.05, 0) is 47.0 Å². The molecular formula is C25H19FO5. The van der Waals surface area contributed by atoms with Crippen molar-refractivity contribution < 1.29 is 28.2 Å². The van der Waals surface area contributed by atoms with Crippen LogP contribution in [0.2, 0.25) is 0 Å². The Balaban J connectivity index is 1.73. The van der Waals surface area contributed by atoms with Crippen LogP contribution in [0.5, 0.6) is 11.5 Å². The summed E-state index contributed by atoms with van der Waals surface area (Å²) in [4.78, 5) is 22.7. The van der Waals surface area contributed by atoms with Crippen LogP contribution >= 0.6 is 0 Å². The number of halogens is 1. The van der Waals surface area contributed by atoms with E-state index in [4.69, 9.17) is 14.2 Å². The molecule has 31 heavy (non-hydrogen) atoms. The quantitative estimate of drug-likeness (QED) is 0.156. The van der Waals surface area contributed by atoms with Crippen molar-refractivity contribution >= 4 is 12.1 Å².